The first-order chi connectivity index (χ1) is 29.6. The fraction of sp³-hybridized carbons (Fsp3) is 0.0545. The number of para-hydroxylation sites is 5. The van der Waals surface area contributed by atoms with Gasteiger partial charge in [-0.3, -0.25) is 0 Å². The average molecular weight is 785 g/mol. The van der Waals surface area contributed by atoms with Crippen LogP contribution >= 0.6 is 0 Å². The Morgan fingerprint density at radius 3 is 0.850 bits per heavy atom. The lowest BCUT2D eigenvalue weighted by Gasteiger charge is -2.25. The van der Waals surface area contributed by atoms with Crippen molar-refractivity contribution in [1.29, 1.82) is 0 Å². The summed E-state index contributed by atoms with van der Waals surface area (Å²) in [5.74, 6) is 2.45. The molecule has 0 amide bonds. The molecule has 0 bridgehead atoms. The van der Waals surface area contributed by atoms with E-state index in [-0.39, 0.29) is 0 Å². The molecule has 5 heteroatoms. The van der Waals surface area contributed by atoms with Crippen molar-refractivity contribution >= 4 is 58.4 Å². The van der Waals surface area contributed by atoms with Crippen molar-refractivity contribution in [2.45, 2.75) is 0 Å². The fourth-order valence-corrected chi connectivity index (χ4v) is 6.81. The van der Waals surface area contributed by atoms with Crippen LogP contribution in [0.3, 0.4) is 0 Å². The number of benzene rings is 8. The van der Waals surface area contributed by atoms with Gasteiger partial charge in [0.05, 0.1) is 21.3 Å². The molecule has 0 saturated heterocycles. The second-order valence-corrected chi connectivity index (χ2v) is 13.7. The summed E-state index contributed by atoms with van der Waals surface area (Å²) in [6.07, 6.45) is 8.34. The van der Waals surface area contributed by atoms with Crippen LogP contribution in [0.4, 0.5) is 34.1 Å². The SMILES string of the molecule is COc1cc(/C=C/c2ccc(N(c3ccccc3)c3ccccc3)cc2)c(OC)cc1/C=C/c1ccc(N(c2ccccc2)c2ccccc2)cc1.COc1ccccc1. The van der Waals surface area contributed by atoms with Crippen LogP contribution in [0.25, 0.3) is 24.3 Å². The summed E-state index contributed by atoms with van der Waals surface area (Å²) in [6.45, 7) is 0. The maximum atomic E-state index is 5.85. The van der Waals surface area contributed by atoms with Gasteiger partial charge in [-0.2, -0.15) is 0 Å². The van der Waals surface area contributed by atoms with Crippen molar-refractivity contribution in [3.63, 3.8) is 0 Å². The monoisotopic (exact) mass is 784 g/mol. The van der Waals surface area contributed by atoms with Crippen LogP contribution in [0.15, 0.2) is 212 Å². The molecule has 0 aliphatic carbocycles. The molecular weight excluding hydrogens is 737 g/mol. The van der Waals surface area contributed by atoms with E-state index in [2.05, 4.69) is 180 Å². The zero-order chi connectivity index (χ0) is 41.4. The summed E-state index contributed by atoms with van der Waals surface area (Å²) in [5, 5.41) is 0. The molecule has 60 heavy (non-hydrogen) atoms. The highest BCUT2D eigenvalue weighted by Gasteiger charge is 2.13. The Morgan fingerprint density at radius 1 is 0.300 bits per heavy atom. The van der Waals surface area contributed by atoms with E-state index in [9.17, 15) is 0 Å². The van der Waals surface area contributed by atoms with Crippen molar-refractivity contribution in [3.05, 3.63) is 235 Å². The first-order valence-corrected chi connectivity index (χ1v) is 19.9. The van der Waals surface area contributed by atoms with Crippen LogP contribution in [0.5, 0.6) is 17.2 Å². The van der Waals surface area contributed by atoms with E-state index < -0.39 is 0 Å². The van der Waals surface area contributed by atoms with E-state index in [4.69, 9.17) is 14.2 Å². The van der Waals surface area contributed by atoms with Crippen molar-refractivity contribution in [3.8, 4) is 17.2 Å². The molecule has 296 valence electrons. The Kier molecular flexibility index (Phi) is 13.9. The van der Waals surface area contributed by atoms with Crippen LogP contribution in [-0.2, 0) is 0 Å². The number of methoxy groups -OCH3 is 3. The normalized spacial score (nSPS) is 10.8. The third-order valence-corrected chi connectivity index (χ3v) is 9.83. The Balaban J connectivity index is 0.000000611. The van der Waals surface area contributed by atoms with Crippen molar-refractivity contribution in [2.24, 2.45) is 0 Å². The van der Waals surface area contributed by atoms with Gasteiger partial charge < -0.3 is 24.0 Å². The standard InChI is InChI=1S/C48H40N2O2.C7H8O/c1-51-47-35-40(30-24-38-27-33-46(34-28-38)50(43-19-11-5-12-20-43)44-21-13-6-14-22-44)48(52-2)36-39(47)29-23-37-25-31-45(32-26-37)49(41-15-7-3-8-16-41)42-17-9-4-10-18-42;1-8-7-5-3-2-4-6-7/h3-36H,1-2H3;2-6H,1H3/b29-23+,30-24+;. The van der Waals surface area contributed by atoms with Crippen LogP contribution in [0.2, 0.25) is 0 Å². The molecule has 0 aliphatic rings. The summed E-state index contributed by atoms with van der Waals surface area (Å²) in [6, 6.07) is 72.6. The number of anilines is 6. The van der Waals surface area contributed by atoms with Gasteiger partial charge in [0.15, 0.2) is 0 Å². The Labute approximate surface area is 354 Å². The second kappa shape index (κ2) is 20.6. The summed E-state index contributed by atoms with van der Waals surface area (Å²) in [7, 11) is 5.07. The van der Waals surface area contributed by atoms with Crippen molar-refractivity contribution < 1.29 is 14.2 Å². The van der Waals surface area contributed by atoms with E-state index in [1.807, 2.05) is 66.7 Å². The highest BCUT2D eigenvalue weighted by Crippen LogP contribution is 2.37. The highest BCUT2D eigenvalue weighted by atomic mass is 16.5. The first kappa shape index (κ1) is 40.4. The molecule has 0 aliphatic heterocycles. The number of ether oxygens (including phenoxy) is 3. The van der Waals surface area contributed by atoms with Gasteiger partial charge in [0, 0.05) is 45.3 Å². The maximum absolute atomic E-state index is 5.85. The molecule has 0 fully saturated rings. The summed E-state index contributed by atoms with van der Waals surface area (Å²) >= 11 is 0. The summed E-state index contributed by atoms with van der Waals surface area (Å²) in [4.78, 5) is 4.51. The van der Waals surface area contributed by atoms with Gasteiger partial charge in [-0.25, -0.2) is 0 Å². The summed E-state index contributed by atoms with van der Waals surface area (Å²) < 4.78 is 16.6. The minimum Gasteiger partial charge on any atom is -0.497 e. The van der Waals surface area contributed by atoms with Gasteiger partial charge in [0.25, 0.3) is 0 Å². The highest BCUT2D eigenvalue weighted by molar-refractivity contribution is 5.82. The maximum Gasteiger partial charge on any atom is 0.126 e. The van der Waals surface area contributed by atoms with Crippen LogP contribution in [0.1, 0.15) is 22.3 Å². The fourth-order valence-electron chi connectivity index (χ4n) is 6.81. The van der Waals surface area contributed by atoms with Gasteiger partial charge in [-0.05, 0) is 108 Å². The molecule has 8 aromatic carbocycles. The molecule has 0 unspecified atom stereocenters. The smallest absolute Gasteiger partial charge is 0.126 e. The Morgan fingerprint density at radius 2 is 0.583 bits per heavy atom. The number of nitrogens with zero attached hydrogens (tertiary/aromatic N) is 2. The predicted molar refractivity (Wildman–Crippen MR) is 253 cm³/mol. The molecule has 0 heterocycles. The lowest BCUT2D eigenvalue weighted by atomic mass is 10.0. The second-order valence-electron chi connectivity index (χ2n) is 13.7. The molecule has 5 nitrogen and oxygen atoms in total. The first-order valence-electron chi connectivity index (χ1n) is 19.9. The van der Waals surface area contributed by atoms with Crippen LogP contribution in [-0.4, -0.2) is 21.3 Å². The van der Waals surface area contributed by atoms with Gasteiger partial charge in [0.1, 0.15) is 17.2 Å². The molecule has 8 aromatic rings. The Bertz CT molecular complexity index is 2320. The molecule has 0 spiro atoms. The quantitative estimate of drug-likeness (QED) is 0.109. The molecule has 8 rings (SSSR count). The van der Waals surface area contributed by atoms with Crippen LogP contribution < -0.4 is 24.0 Å². The minimum atomic E-state index is 0.768. The molecule has 0 radical (unpaired) electrons. The zero-order valence-electron chi connectivity index (χ0n) is 34.1. The number of rotatable bonds is 13. The van der Waals surface area contributed by atoms with E-state index in [1.165, 1.54) is 0 Å². The van der Waals surface area contributed by atoms with Gasteiger partial charge in [-0.15, -0.1) is 0 Å². The van der Waals surface area contributed by atoms with Crippen LogP contribution in [0, 0.1) is 0 Å². The average Bonchev–Trinajstić information content (AvgIpc) is 3.33. The largest absolute Gasteiger partial charge is 0.497 e. The van der Waals surface area contributed by atoms with Gasteiger partial charge in [-0.1, -0.05) is 140 Å². The lowest BCUT2D eigenvalue weighted by molar-refractivity contribution is 0.401. The van der Waals surface area contributed by atoms with E-state index in [0.29, 0.717) is 0 Å². The topological polar surface area (TPSA) is 34.2 Å². The van der Waals surface area contributed by atoms with Crippen molar-refractivity contribution in [1.82, 2.24) is 0 Å². The van der Waals surface area contributed by atoms with Gasteiger partial charge >= 0.3 is 0 Å². The Hall–Kier alpha value is -7.76. The van der Waals surface area contributed by atoms with E-state index >= 15 is 0 Å². The number of hydrogen-bond acceptors (Lipinski definition) is 5. The lowest BCUT2D eigenvalue weighted by Crippen LogP contribution is -2.09. The van der Waals surface area contributed by atoms with E-state index in [0.717, 1.165) is 73.6 Å². The molecular formula is C55H48N2O3. The third-order valence-electron chi connectivity index (χ3n) is 9.83. The molecule has 0 saturated carbocycles. The summed E-state index contributed by atoms with van der Waals surface area (Å²) in [5.41, 5.74) is 10.6. The number of hydrogen-bond donors (Lipinski definition) is 0. The minimum absolute atomic E-state index is 0.768. The molecule has 0 atom stereocenters. The third kappa shape index (κ3) is 10.4. The molecule has 0 aromatic heterocycles. The van der Waals surface area contributed by atoms with Gasteiger partial charge in [0.2, 0.25) is 0 Å². The van der Waals surface area contributed by atoms with Crippen molar-refractivity contribution in [2.75, 3.05) is 31.1 Å². The molecule has 0 N–H and O–H groups in total. The van der Waals surface area contributed by atoms with E-state index in [1.54, 1.807) is 21.3 Å². The predicted octanol–water partition coefficient (Wildman–Crippen LogP) is 14.7. The zero-order valence-corrected chi connectivity index (χ0v) is 34.1.